The van der Waals surface area contributed by atoms with Gasteiger partial charge >= 0.3 is 0 Å². The average Bonchev–Trinajstić information content (AvgIpc) is 3.04. The van der Waals surface area contributed by atoms with Crippen molar-refractivity contribution in [2.45, 2.75) is 13.5 Å². The highest BCUT2D eigenvalue weighted by Crippen LogP contribution is 2.21. The van der Waals surface area contributed by atoms with Gasteiger partial charge in [0.15, 0.2) is 0 Å². The zero-order chi connectivity index (χ0) is 15.2. The van der Waals surface area contributed by atoms with Crippen molar-refractivity contribution in [2.75, 3.05) is 17.2 Å². The van der Waals surface area contributed by atoms with E-state index >= 15 is 0 Å². The molecule has 22 heavy (non-hydrogen) atoms. The lowest BCUT2D eigenvalue weighted by Crippen LogP contribution is -2.06. The first-order valence-corrected chi connectivity index (χ1v) is 7.74. The van der Waals surface area contributed by atoms with Crippen molar-refractivity contribution in [1.82, 2.24) is 24.9 Å². The van der Waals surface area contributed by atoms with Crippen LogP contribution in [0, 0.1) is 0 Å². The van der Waals surface area contributed by atoms with Crippen LogP contribution < -0.4 is 10.6 Å². The number of nitrogens with one attached hydrogen (secondary N) is 2. The molecule has 0 unspecified atom stereocenters. The van der Waals surface area contributed by atoms with E-state index in [0.717, 1.165) is 28.8 Å². The summed E-state index contributed by atoms with van der Waals surface area (Å²) in [4.78, 5) is 21.4. The van der Waals surface area contributed by atoms with Gasteiger partial charge in [-0.1, -0.05) is 0 Å². The molecule has 0 saturated heterocycles. The second-order valence-corrected chi connectivity index (χ2v) is 5.24. The number of thiazole rings is 1. The first-order valence-electron chi connectivity index (χ1n) is 6.86. The van der Waals surface area contributed by atoms with E-state index in [1.54, 1.807) is 36.1 Å². The van der Waals surface area contributed by atoms with Crippen LogP contribution >= 0.6 is 11.3 Å². The average molecular weight is 313 g/mol. The van der Waals surface area contributed by atoms with E-state index in [-0.39, 0.29) is 0 Å². The number of aromatic nitrogens is 5. The molecular weight excluding hydrogens is 298 g/mol. The summed E-state index contributed by atoms with van der Waals surface area (Å²) >= 11 is 1.54. The van der Waals surface area contributed by atoms with Gasteiger partial charge in [-0.3, -0.25) is 9.97 Å². The number of hydrogen-bond donors (Lipinski definition) is 2. The molecule has 3 rings (SSSR count). The second-order valence-electron chi connectivity index (χ2n) is 4.38. The normalized spacial score (nSPS) is 10.4. The van der Waals surface area contributed by atoms with Crippen LogP contribution in [0.15, 0.2) is 36.2 Å². The SMILES string of the molecule is CCNc1ccnc(NCc2csc(-c3cnccn3)n2)n1. The van der Waals surface area contributed by atoms with E-state index in [0.29, 0.717) is 12.5 Å². The molecule has 3 aromatic rings. The Labute approximate surface area is 131 Å². The quantitative estimate of drug-likeness (QED) is 0.722. The number of rotatable bonds is 6. The molecule has 112 valence electrons. The maximum absolute atomic E-state index is 4.54. The van der Waals surface area contributed by atoms with Crippen LogP contribution in [-0.4, -0.2) is 31.5 Å². The molecule has 0 saturated carbocycles. The highest BCUT2D eigenvalue weighted by Gasteiger charge is 2.06. The highest BCUT2D eigenvalue weighted by atomic mass is 32.1. The molecule has 0 spiro atoms. The fraction of sp³-hybridized carbons (Fsp3) is 0.214. The number of nitrogens with zero attached hydrogens (tertiary/aromatic N) is 5. The molecule has 0 bridgehead atoms. The third-order valence-corrected chi connectivity index (χ3v) is 3.69. The van der Waals surface area contributed by atoms with Gasteiger partial charge in [0, 0.05) is 30.5 Å². The monoisotopic (exact) mass is 313 g/mol. The summed E-state index contributed by atoms with van der Waals surface area (Å²) in [5.74, 6) is 1.38. The predicted octanol–water partition coefficient (Wildman–Crippen LogP) is 2.43. The standard InChI is InChI=1S/C14H15N7S/c1-2-16-12-3-4-18-14(21-12)19-7-10-9-22-13(20-10)11-8-15-5-6-17-11/h3-6,8-9H,2,7H2,1H3,(H2,16,18,19,21). The summed E-state index contributed by atoms with van der Waals surface area (Å²) in [6.07, 6.45) is 6.74. The largest absolute Gasteiger partial charge is 0.370 e. The van der Waals surface area contributed by atoms with Gasteiger partial charge in [-0.2, -0.15) is 4.98 Å². The lowest BCUT2D eigenvalue weighted by Gasteiger charge is -2.05. The molecule has 0 aliphatic heterocycles. The summed E-state index contributed by atoms with van der Waals surface area (Å²) in [5, 5.41) is 9.17. The molecule has 0 atom stereocenters. The number of anilines is 2. The van der Waals surface area contributed by atoms with Gasteiger partial charge < -0.3 is 10.6 Å². The molecule has 8 heteroatoms. The fourth-order valence-corrected chi connectivity index (χ4v) is 2.59. The van der Waals surface area contributed by atoms with Gasteiger partial charge in [0.25, 0.3) is 0 Å². The van der Waals surface area contributed by atoms with Gasteiger partial charge in [-0.05, 0) is 13.0 Å². The van der Waals surface area contributed by atoms with Gasteiger partial charge in [0.1, 0.15) is 16.5 Å². The van der Waals surface area contributed by atoms with Crippen LogP contribution in [0.4, 0.5) is 11.8 Å². The van der Waals surface area contributed by atoms with Gasteiger partial charge in [-0.25, -0.2) is 9.97 Å². The smallest absolute Gasteiger partial charge is 0.224 e. The van der Waals surface area contributed by atoms with Crippen molar-refractivity contribution in [1.29, 1.82) is 0 Å². The Hall–Kier alpha value is -2.61. The lowest BCUT2D eigenvalue weighted by atomic mass is 10.4. The molecule has 0 aliphatic rings. The zero-order valence-electron chi connectivity index (χ0n) is 12.0. The van der Waals surface area contributed by atoms with Gasteiger partial charge in [-0.15, -0.1) is 11.3 Å². The maximum atomic E-state index is 4.54. The Morgan fingerprint density at radius 2 is 2.05 bits per heavy atom. The zero-order valence-corrected chi connectivity index (χ0v) is 12.8. The Balaban J connectivity index is 1.65. The minimum Gasteiger partial charge on any atom is -0.370 e. The Bertz CT molecular complexity index is 729. The maximum Gasteiger partial charge on any atom is 0.224 e. The Morgan fingerprint density at radius 3 is 2.86 bits per heavy atom. The molecule has 0 amide bonds. The topological polar surface area (TPSA) is 88.5 Å². The molecule has 0 aromatic carbocycles. The minimum absolute atomic E-state index is 0.562. The first-order chi connectivity index (χ1) is 10.8. The summed E-state index contributed by atoms with van der Waals surface area (Å²) in [7, 11) is 0. The third-order valence-electron chi connectivity index (χ3n) is 2.78. The van der Waals surface area contributed by atoms with Crippen molar-refractivity contribution in [3.63, 3.8) is 0 Å². The molecule has 0 fully saturated rings. The van der Waals surface area contributed by atoms with E-state index in [4.69, 9.17) is 0 Å². The lowest BCUT2D eigenvalue weighted by molar-refractivity contribution is 1.01. The molecule has 0 radical (unpaired) electrons. The van der Waals surface area contributed by atoms with Crippen LogP contribution in [0.3, 0.4) is 0 Å². The summed E-state index contributed by atoms with van der Waals surface area (Å²) < 4.78 is 0. The van der Waals surface area contributed by atoms with E-state index in [1.807, 2.05) is 18.4 Å². The van der Waals surface area contributed by atoms with Crippen LogP contribution in [0.5, 0.6) is 0 Å². The van der Waals surface area contributed by atoms with Gasteiger partial charge in [0.05, 0.1) is 18.4 Å². The van der Waals surface area contributed by atoms with E-state index in [2.05, 4.69) is 35.6 Å². The summed E-state index contributed by atoms with van der Waals surface area (Å²) in [6.45, 7) is 3.41. The molecule has 0 aliphatic carbocycles. The Morgan fingerprint density at radius 1 is 1.09 bits per heavy atom. The molecule has 7 nitrogen and oxygen atoms in total. The fourth-order valence-electron chi connectivity index (χ4n) is 1.81. The molecule has 3 aromatic heterocycles. The predicted molar refractivity (Wildman–Crippen MR) is 86.7 cm³/mol. The van der Waals surface area contributed by atoms with Crippen molar-refractivity contribution >= 4 is 23.1 Å². The van der Waals surface area contributed by atoms with E-state index < -0.39 is 0 Å². The van der Waals surface area contributed by atoms with E-state index in [1.165, 1.54) is 0 Å². The van der Waals surface area contributed by atoms with Gasteiger partial charge in [0.2, 0.25) is 5.95 Å². The van der Waals surface area contributed by atoms with Crippen LogP contribution in [0.2, 0.25) is 0 Å². The second kappa shape index (κ2) is 6.90. The molecule has 2 N–H and O–H groups in total. The highest BCUT2D eigenvalue weighted by molar-refractivity contribution is 7.13. The third kappa shape index (κ3) is 3.53. The number of hydrogen-bond acceptors (Lipinski definition) is 8. The van der Waals surface area contributed by atoms with Crippen molar-refractivity contribution in [2.24, 2.45) is 0 Å². The van der Waals surface area contributed by atoms with Crippen LogP contribution in [0.25, 0.3) is 10.7 Å². The molecule has 3 heterocycles. The summed E-state index contributed by atoms with van der Waals surface area (Å²) in [5.41, 5.74) is 1.70. The summed E-state index contributed by atoms with van der Waals surface area (Å²) in [6, 6.07) is 1.84. The Kier molecular flexibility index (Phi) is 4.50. The molecular formula is C14H15N7S. The van der Waals surface area contributed by atoms with Crippen LogP contribution in [-0.2, 0) is 6.54 Å². The van der Waals surface area contributed by atoms with Crippen molar-refractivity contribution in [3.8, 4) is 10.7 Å². The minimum atomic E-state index is 0.562. The van der Waals surface area contributed by atoms with Crippen molar-refractivity contribution in [3.05, 3.63) is 41.9 Å². The van der Waals surface area contributed by atoms with E-state index in [9.17, 15) is 0 Å². The van der Waals surface area contributed by atoms with Crippen molar-refractivity contribution < 1.29 is 0 Å². The van der Waals surface area contributed by atoms with Crippen LogP contribution in [0.1, 0.15) is 12.6 Å². The first kappa shape index (κ1) is 14.3.